The highest BCUT2D eigenvalue weighted by Gasteiger charge is 2.13. The maximum atomic E-state index is 5.92. The van der Waals surface area contributed by atoms with Gasteiger partial charge in [-0.1, -0.05) is 31.2 Å². The van der Waals surface area contributed by atoms with E-state index in [9.17, 15) is 0 Å². The molecule has 3 heterocycles. The van der Waals surface area contributed by atoms with Gasteiger partial charge in [0.15, 0.2) is 5.65 Å². The average Bonchev–Trinajstić information content (AvgIpc) is 2.85. The summed E-state index contributed by atoms with van der Waals surface area (Å²) < 4.78 is 7.70. The van der Waals surface area contributed by atoms with Crippen molar-refractivity contribution in [3.05, 3.63) is 29.9 Å². The number of halogens is 1. The minimum absolute atomic E-state index is 0.461. The van der Waals surface area contributed by atoms with Crippen LogP contribution in [0.1, 0.15) is 0 Å². The number of ether oxygens (including phenoxy) is 1. The summed E-state index contributed by atoms with van der Waals surface area (Å²) in [6.07, 6.45) is 5.30. The lowest BCUT2D eigenvalue weighted by Gasteiger charge is -2.15. The molecule has 0 amide bonds. The summed E-state index contributed by atoms with van der Waals surface area (Å²) in [4.78, 5) is 13.1. The summed E-state index contributed by atoms with van der Waals surface area (Å²) >= 11 is 5.92. The Morgan fingerprint density at radius 3 is 2.77 bits per heavy atom. The van der Waals surface area contributed by atoms with Crippen LogP contribution < -0.4 is 0 Å². The third kappa shape index (κ3) is 3.29. The monoisotopic (exact) mass is 334 g/mol. The topological polar surface area (TPSA) is 52.8 Å². The zero-order chi connectivity index (χ0) is 15.7. The molecular formula is C15H19ClN4OSi. The van der Waals surface area contributed by atoms with E-state index < -0.39 is 8.07 Å². The van der Waals surface area contributed by atoms with Crippen LogP contribution in [-0.2, 0) is 11.5 Å². The van der Waals surface area contributed by atoms with E-state index in [0.29, 0.717) is 11.9 Å². The quantitative estimate of drug-likeness (QED) is 0.403. The number of hydrogen-bond donors (Lipinski definition) is 0. The van der Waals surface area contributed by atoms with Crippen LogP contribution in [0.15, 0.2) is 24.8 Å². The van der Waals surface area contributed by atoms with Crippen molar-refractivity contribution in [1.29, 1.82) is 0 Å². The first-order valence-corrected chi connectivity index (χ1v) is 11.4. The van der Waals surface area contributed by atoms with E-state index in [1.54, 1.807) is 24.8 Å². The number of aromatic nitrogens is 4. The second-order valence-electron chi connectivity index (χ2n) is 6.59. The van der Waals surface area contributed by atoms with Crippen LogP contribution in [0, 0.1) is 0 Å². The predicted octanol–water partition coefficient (Wildman–Crippen LogP) is 3.95. The summed E-state index contributed by atoms with van der Waals surface area (Å²) in [5, 5.41) is 2.36. The van der Waals surface area contributed by atoms with Gasteiger partial charge in [0.2, 0.25) is 0 Å². The van der Waals surface area contributed by atoms with E-state index >= 15 is 0 Å². The van der Waals surface area contributed by atoms with Crippen molar-refractivity contribution in [2.45, 2.75) is 32.4 Å². The molecule has 22 heavy (non-hydrogen) atoms. The van der Waals surface area contributed by atoms with Gasteiger partial charge in [0.25, 0.3) is 0 Å². The molecule has 0 spiro atoms. The molecule has 0 aromatic carbocycles. The van der Waals surface area contributed by atoms with Crippen LogP contribution in [-0.4, -0.2) is 34.2 Å². The molecule has 0 N–H and O–H groups in total. The molecule has 0 aliphatic rings. The van der Waals surface area contributed by atoms with Gasteiger partial charge in [0.1, 0.15) is 17.4 Å². The molecule has 3 rings (SSSR count). The summed E-state index contributed by atoms with van der Waals surface area (Å²) in [7, 11) is -1.06. The van der Waals surface area contributed by atoms with Gasteiger partial charge in [-0.15, -0.1) is 0 Å². The third-order valence-electron chi connectivity index (χ3n) is 3.52. The van der Waals surface area contributed by atoms with E-state index in [1.165, 1.54) is 0 Å². The first kappa shape index (κ1) is 15.4. The number of imidazole rings is 1. The maximum absolute atomic E-state index is 5.92. The maximum Gasteiger partial charge on any atom is 0.162 e. The minimum atomic E-state index is -1.06. The number of pyridine rings is 2. The van der Waals surface area contributed by atoms with E-state index in [0.717, 1.165) is 34.6 Å². The van der Waals surface area contributed by atoms with Crippen molar-refractivity contribution in [2.24, 2.45) is 0 Å². The smallest absolute Gasteiger partial charge is 0.162 e. The van der Waals surface area contributed by atoms with Crippen molar-refractivity contribution < 1.29 is 4.74 Å². The number of hydrogen-bond acceptors (Lipinski definition) is 4. The Morgan fingerprint density at radius 2 is 2.00 bits per heavy atom. The van der Waals surface area contributed by atoms with Gasteiger partial charge < -0.3 is 4.74 Å². The van der Waals surface area contributed by atoms with Gasteiger partial charge in [-0.25, -0.2) is 15.0 Å². The zero-order valence-electron chi connectivity index (χ0n) is 13.0. The highest BCUT2D eigenvalue weighted by molar-refractivity contribution is 6.76. The van der Waals surface area contributed by atoms with Crippen molar-refractivity contribution >= 4 is 41.6 Å². The molecule has 0 aliphatic carbocycles. The van der Waals surface area contributed by atoms with Gasteiger partial charge in [-0.2, -0.15) is 0 Å². The van der Waals surface area contributed by atoms with Crippen molar-refractivity contribution in [3.8, 4) is 0 Å². The molecule has 0 saturated carbocycles. The van der Waals surface area contributed by atoms with Crippen molar-refractivity contribution in [2.75, 3.05) is 6.61 Å². The summed E-state index contributed by atoms with van der Waals surface area (Å²) in [6.45, 7) is 8.28. The van der Waals surface area contributed by atoms with Gasteiger partial charge in [0, 0.05) is 37.8 Å². The van der Waals surface area contributed by atoms with Crippen molar-refractivity contribution in [1.82, 2.24) is 19.5 Å². The molecule has 0 saturated heterocycles. The number of fused-ring (bicyclic) bond motifs is 3. The standard InChI is InChI=1S/C15H19ClN4OSi/c1-22(2,3)5-4-21-10-20-9-19-14-12-8-17-13(16)6-11(12)7-18-15(14)20/h6-9H,4-5,10H2,1-3H3. The SMILES string of the molecule is C[Si](C)(C)CCOCn1cnc2c3cnc(Cl)cc3cnc21. The molecule has 3 aromatic heterocycles. The summed E-state index contributed by atoms with van der Waals surface area (Å²) in [6, 6.07) is 2.95. The zero-order valence-corrected chi connectivity index (χ0v) is 14.8. The molecule has 0 aliphatic heterocycles. The van der Waals surface area contributed by atoms with Crippen molar-refractivity contribution in [3.63, 3.8) is 0 Å². The normalized spacial score (nSPS) is 12.4. The van der Waals surface area contributed by atoms with Gasteiger partial charge >= 0.3 is 0 Å². The van der Waals surface area contributed by atoms with E-state index in [-0.39, 0.29) is 0 Å². The fraction of sp³-hybridized carbons (Fsp3) is 0.400. The fourth-order valence-electron chi connectivity index (χ4n) is 2.22. The van der Waals surface area contributed by atoms with Crippen LogP contribution in [0.2, 0.25) is 30.8 Å². The van der Waals surface area contributed by atoms with Crippen LogP contribution in [0.4, 0.5) is 0 Å². The van der Waals surface area contributed by atoms with Crippen LogP contribution in [0.5, 0.6) is 0 Å². The Bertz CT molecular complexity index is 812. The molecular weight excluding hydrogens is 316 g/mol. The average molecular weight is 335 g/mol. The molecule has 5 nitrogen and oxygen atoms in total. The van der Waals surface area contributed by atoms with E-state index in [2.05, 4.69) is 34.6 Å². The second-order valence-corrected chi connectivity index (χ2v) is 12.6. The van der Waals surface area contributed by atoms with Gasteiger partial charge in [0.05, 0.1) is 6.33 Å². The Kier molecular flexibility index (Phi) is 4.16. The fourth-order valence-corrected chi connectivity index (χ4v) is 3.14. The molecule has 0 bridgehead atoms. The lowest BCUT2D eigenvalue weighted by Crippen LogP contribution is -2.22. The lowest BCUT2D eigenvalue weighted by atomic mass is 10.2. The number of nitrogens with zero attached hydrogens (tertiary/aromatic N) is 4. The lowest BCUT2D eigenvalue weighted by molar-refractivity contribution is 0.0895. The van der Waals surface area contributed by atoms with E-state index in [1.807, 2.05) is 4.57 Å². The Balaban J connectivity index is 1.82. The number of rotatable bonds is 5. The second kappa shape index (κ2) is 5.95. The highest BCUT2D eigenvalue weighted by Crippen LogP contribution is 2.23. The van der Waals surface area contributed by atoms with Gasteiger partial charge in [-0.3, -0.25) is 4.57 Å². The van der Waals surface area contributed by atoms with Crippen LogP contribution >= 0.6 is 11.6 Å². The Morgan fingerprint density at radius 1 is 1.18 bits per heavy atom. The van der Waals surface area contributed by atoms with E-state index in [4.69, 9.17) is 16.3 Å². The molecule has 3 aromatic rings. The Labute approximate surface area is 135 Å². The molecule has 0 fully saturated rings. The first-order valence-electron chi connectivity index (χ1n) is 7.27. The summed E-state index contributed by atoms with van der Waals surface area (Å²) in [5.74, 6) is 0. The molecule has 116 valence electrons. The predicted molar refractivity (Wildman–Crippen MR) is 91.9 cm³/mol. The van der Waals surface area contributed by atoms with Crippen LogP contribution in [0.25, 0.3) is 21.9 Å². The first-order chi connectivity index (χ1) is 10.4. The molecule has 0 atom stereocenters. The third-order valence-corrected chi connectivity index (χ3v) is 5.43. The van der Waals surface area contributed by atoms with Crippen LogP contribution in [0.3, 0.4) is 0 Å². The minimum Gasteiger partial charge on any atom is -0.361 e. The molecule has 0 unspecified atom stereocenters. The summed E-state index contributed by atoms with van der Waals surface area (Å²) in [5.41, 5.74) is 1.64. The molecule has 0 radical (unpaired) electrons. The highest BCUT2D eigenvalue weighted by atomic mass is 35.5. The van der Waals surface area contributed by atoms with Gasteiger partial charge in [-0.05, 0) is 12.1 Å². The Hall–Kier alpha value is -1.50. The molecule has 7 heteroatoms. The largest absolute Gasteiger partial charge is 0.361 e.